The van der Waals surface area contributed by atoms with Crippen molar-refractivity contribution in [3.8, 4) is 0 Å². The molecule has 1 aromatic carbocycles. The van der Waals surface area contributed by atoms with Gasteiger partial charge in [-0.2, -0.15) is 0 Å². The standard InChI is InChI=1S/C16H22N4S2/c1-2-17-15(20-13-14-7-4-3-5-8-14)18-9-6-11-21-16-19-10-12-22-16/h3-5,7-8,10,12H,2,6,9,11,13H2,1H3,(H2,17,18,20). The smallest absolute Gasteiger partial charge is 0.191 e. The predicted molar refractivity (Wildman–Crippen MR) is 96.7 cm³/mol. The summed E-state index contributed by atoms with van der Waals surface area (Å²) in [6.07, 6.45) is 2.94. The molecule has 1 aromatic heterocycles. The van der Waals surface area contributed by atoms with E-state index in [0.29, 0.717) is 6.54 Å². The molecule has 2 aromatic rings. The lowest BCUT2D eigenvalue weighted by molar-refractivity contribution is 0.789. The topological polar surface area (TPSA) is 49.3 Å². The van der Waals surface area contributed by atoms with E-state index in [1.807, 2.05) is 41.5 Å². The zero-order valence-corrected chi connectivity index (χ0v) is 14.4. The molecule has 0 amide bonds. The van der Waals surface area contributed by atoms with Crippen molar-refractivity contribution in [1.82, 2.24) is 15.6 Å². The molecule has 0 aliphatic carbocycles. The van der Waals surface area contributed by atoms with Crippen LogP contribution in [0.15, 0.2) is 51.2 Å². The first-order chi connectivity index (χ1) is 10.9. The minimum Gasteiger partial charge on any atom is -0.357 e. The lowest BCUT2D eigenvalue weighted by Crippen LogP contribution is -2.37. The highest BCUT2D eigenvalue weighted by Gasteiger charge is 1.99. The molecule has 0 fully saturated rings. The molecule has 0 aliphatic heterocycles. The summed E-state index contributed by atoms with van der Waals surface area (Å²) in [5.41, 5.74) is 1.22. The van der Waals surface area contributed by atoms with Gasteiger partial charge in [0, 0.05) is 30.4 Å². The first-order valence-corrected chi connectivity index (χ1v) is 9.33. The van der Waals surface area contributed by atoms with Gasteiger partial charge in [-0.15, -0.1) is 11.3 Å². The molecule has 0 saturated carbocycles. The fourth-order valence-electron chi connectivity index (χ4n) is 1.82. The van der Waals surface area contributed by atoms with Gasteiger partial charge in [-0.3, -0.25) is 0 Å². The minimum absolute atomic E-state index is 0.698. The molecular weight excluding hydrogens is 312 g/mol. The number of nitrogens with zero attached hydrogens (tertiary/aromatic N) is 2. The van der Waals surface area contributed by atoms with Crippen LogP contribution in [0.5, 0.6) is 0 Å². The van der Waals surface area contributed by atoms with Gasteiger partial charge in [-0.1, -0.05) is 42.1 Å². The summed E-state index contributed by atoms with van der Waals surface area (Å²) < 4.78 is 1.14. The maximum absolute atomic E-state index is 4.61. The zero-order chi connectivity index (χ0) is 15.5. The maximum atomic E-state index is 4.61. The lowest BCUT2D eigenvalue weighted by atomic mass is 10.2. The van der Waals surface area contributed by atoms with Crippen LogP contribution in [0.25, 0.3) is 0 Å². The first-order valence-electron chi connectivity index (χ1n) is 7.47. The molecule has 6 heteroatoms. The average molecular weight is 335 g/mol. The minimum atomic E-state index is 0.698. The summed E-state index contributed by atoms with van der Waals surface area (Å²) in [6, 6.07) is 10.3. The summed E-state index contributed by atoms with van der Waals surface area (Å²) in [7, 11) is 0. The summed E-state index contributed by atoms with van der Waals surface area (Å²) in [4.78, 5) is 8.88. The van der Waals surface area contributed by atoms with Gasteiger partial charge in [0.15, 0.2) is 5.96 Å². The van der Waals surface area contributed by atoms with E-state index < -0.39 is 0 Å². The van der Waals surface area contributed by atoms with E-state index in [1.165, 1.54) is 5.56 Å². The molecule has 0 spiro atoms. The van der Waals surface area contributed by atoms with E-state index in [0.717, 1.165) is 35.6 Å². The Bertz CT molecular complexity index is 541. The van der Waals surface area contributed by atoms with Crippen molar-refractivity contribution in [2.45, 2.75) is 24.2 Å². The molecule has 2 N–H and O–H groups in total. The third kappa shape index (κ3) is 6.49. The zero-order valence-electron chi connectivity index (χ0n) is 12.8. The number of thiazole rings is 1. The normalized spacial score (nSPS) is 11.4. The maximum Gasteiger partial charge on any atom is 0.191 e. The Morgan fingerprint density at radius 2 is 2.14 bits per heavy atom. The number of hydrogen-bond donors (Lipinski definition) is 2. The number of aliphatic imine (C=N–C) groups is 1. The molecule has 1 heterocycles. The number of aromatic nitrogens is 1. The van der Waals surface area contributed by atoms with E-state index in [4.69, 9.17) is 0 Å². The van der Waals surface area contributed by atoms with E-state index in [-0.39, 0.29) is 0 Å². The molecule has 0 unspecified atom stereocenters. The van der Waals surface area contributed by atoms with Gasteiger partial charge < -0.3 is 10.6 Å². The van der Waals surface area contributed by atoms with Crippen LogP contribution in [-0.2, 0) is 6.54 Å². The number of thioether (sulfide) groups is 1. The second-order valence-corrected chi connectivity index (χ2v) is 6.84. The molecule has 0 aliphatic rings. The monoisotopic (exact) mass is 334 g/mol. The van der Waals surface area contributed by atoms with E-state index in [2.05, 4.69) is 39.7 Å². The number of guanidine groups is 1. The second-order valence-electron chi connectivity index (χ2n) is 4.61. The van der Waals surface area contributed by atoms with Gasteiger partial charge in [-0.05, 0) is 18.9 Å². The fourth-order valence-corrected chi connectivity index (χ4v) is 3.46. The highest BCUT2D eigenvalue weighted by Crippen LogP contribution is 2.20. The Kier molecular flexibility index (Phi) is 7.83. The SMILES string of the molecule is CCNC(=NCc1ccccc1)NCCCSc1nccs1. The number of nitrogens with one attached hydrogen (secondary N) is 2. The fraction of sp³-hybridized carbons (Fsp3) is 0.375. The third-order valence-corrected chi connectivity index (χ3v) is 4.91. The van der Waals surface area contributed by atoms with Crippen molar-refractivity contribution in [2.75, 3.05) is 18.8 Å². The predicted octanol–water partition coefficient (Wildman–Crippen LogP) is 3.38. The highest BCUT2D eigenvalue weighted by molar-refractivity contribution is 8.00. The highest BCUT2D eigenvalue weighted by atomic mass is 32.2. The van der Waals surface area contributed by atoms with Gasteiger partial charge >= 0.3 is 0 Å². The van der Waals surface area contributed by atoms with Gasteiger partial charge in [0.05, 0.1) is 6.54 Å². The van der Waals surface area contributed by atoms with Crippen molar-refractivity contribution < 1.29 is 0 Å². The Labute approximate surface area is 140 Å². The molecule has 118 valence electrons. The molecular formula is C16H22N4S2. The van der Waals surface area contributed by atoms with Crippen LogP contribution in [-0.4, -0.2) is 29.8 Å². The Morgan fingerprint density at radius 1 is 1.27 bits per heavy atom. The largest absolute Gasteiger partial charge is 0.357 e. The number of hydrogen-bond acceptors (Lipinski definition) is 4. The van der Waals surface area contributed by atoms with Crippen molar-refractivity contribution >= 4 is 29.1 Å². The quantitative estimate of drug-likeness (QED) is 0.336. The summed E-state index contributed by atoms with van der Waals surface area (Å²) in [5.74, 6) is 1.95. The van der Waals surface area contributed by atoms with Crippen LogP contribution in [0.2, 0.25) is 0 Å². The van der Waals surface area contributed by atoms with Gasteiger partial charge in [0.25, 0.3) is 0 Å². The molecule has 4 nitrogen and oxygen atoms in total. The van der Waals surface area contributed by atoms with Crippen LogP contribution in [0.4, 0.5) is 0 Å². The molecule has 0 bridgehead atoms. The Morgan fingerprint density at radius 3 is 2.86 bits per heavy atom. The van der Waals surface area contributed by atoms with Gasteiger partial charge in [0.1, 0.15) is 4.34 Å². The van der Waals surface area contributed by atoms with Crippen LogP contribution in [0.3, 0.4) is 0 Å². The second kappa shape index (κ2) is 10.2. The lowest BCUT2D eigenvalue weighted by Gasteiger charge is -2.11. The van der Waals surface area contributed by atoms with E-state index in [1.54, 1.807) is 11.3 Å². The molecule has 22 heavy (non-hydrogen) atoms. The van der Waals surface area contributed by atoms with Crippen molar-refractivity contribution in [1.29, 1.82) is 0 Å². The van der Waals surface area contributed by atoms with E-state index in [9.17, 15) is 0 Å². The Balaban J connectivity index is 1.69. The Hall–Kier alpha value is -1.53. The summed E-state index contributed by atoms with van der Waals surface area (Å²) >= 11 is 3.51. The molecule has 0 saturated heterocycles. The van der Waals surface area contributed by atoms with Crippen LogP contribution in [0.1, 0.15) is 18.9 Å². The van der Waals surface area contributed by atoms with Gasteiger partial charge in [0.2, 0.25) is 0 Å². The van der Waals surface area contributed by atoms with Crippen molar-refractivity contribution in [3.63, 3.8) is 0 Å². The molecule has 2 rings (SSSR count). The van der Waals surface area contributed by atoms with Crippen LogP contribution < -0.4 is 10.6 Å². The number of benzene rings is 1. The van der Waals surface area contributed by atoms with Crippen molar-refractivity contribution in [3.05, 3.63) is 47.5 Å². The molecule has 0 atom stereocenters. The third-order valence-electron chi connectivity index (χ3n) is 2.86. The van der Waals surface area contributed by atoms with Crippen LogP contribution in [0, 0.1) is 0 Å². The average Bonchev–Trinajstić information content (AvgIpc) is 3.06. The summed E-state index contributed by atoms with van der Waals surface area (Å²) in [6.45, 7) is 4.57. The molecule has 0 radical (unpaired) electrons. The van der Waals surface area contributed by atoms with Crippen LogP contribution >= 0.6 is 23.1 Å². The first kappa shape index (κ1) is 16.8. The van der Waals surface area contributed by atoms with Crippen molar-refractivity contribution in [2.24, 2.45) is 4.99 Å². The van der Waals surface area contributed by atoms with Gasteiger partial charge in [-0.25, -0.2) is 9.98 Å². The van der Waals surface area contributed by atoms with E-state index >= 15 is 0 Å². The summed E-state index contributed by atoms with van der Waals surface area (Å²) in [5, 5.41) is 8.67. The number of rotatable bonds is 8.